The Kier molecular flexibility index (Phi) is 9.13. The lowest BCUT2D eigenvalue weighted by Gasteiger charge is -2.12. The summed E-state index contributed by atoms with van der Waals surface area (Å²) in [5.41, 5.74) is 1.99. The molecule has 0 aliphatic carbocycles. The number of nitrogens with zero attached hydrogens (tertiary/aromatic N) is 2. The minimum absolute atomic E-state index is 0. The van der Waals surface area contributed by atoms with Crippen LogP contribution in [-0.2, 0) is 19.6 Å². The number of guanidine groups is 1. The minimum Gasteiger partial charge on any atom is -0.497 e. The van der Waals surface area contributed by atoms with Crippen molar-refractivity contribution >= 4 is 35.6 Å². The molecule has 1 aromatic heterocycles. The number of aliphatic imine (C=N–C) groups is 1. The monoisotopic (exact) mass is 522 g/mol. The Bertz CT molecular complexity index is 959. The van der Waals surface area contributed by atoms with Crippen molar-refractivity contribution < 1.29 is 14.1 Å². The molecule has 0 saturated heterocycles. The van der Waals surface area contributed by atoms with Gasteiger partial charge < -0.3 is 19.8 Å². The van der Waals surface area contributed by atoms with Crippen molar-refractivity contribution in [3.05, 3.63) is 93.9 Å². The summed E-state index contributed by atoms with van der Waals surface area (Å²) in [6.45, 7) is 1.42. The maximum absolute atomic E-state index is 10.8. The summed E-state index contributed by atoms with van der Waals surface area (Å²) in [4.78, 5) is 15.0. The number of hydrogen-bond acceptors (Lipinski definition) is 5. The fourth-order valence-electron chi connectivity index (χ4n) is 2.62. The van der Waals surface area contributed by atoms with Gasteiger partial charge in [-0.15, -0.1) is 24.0 Å². The maximum atomic E-state index is 10.8. The summed E-state index contributed by atoms with van der Waals surface area (Å²) < 4.78 is 10.6. The zero-order valence-corrected chi connectivity index (χ0v) is 18.7. The fraction of sp³-hybridized carbons (Fsp3) is 0.190. The van der Waals surface area contributed by atoms with E-state index in [1.807, 2.05) is 36.4 Å². The van der Waals surface area contributed by atoms with Gasteiger partial charge in [0.05, 0.1) is 31.4 Å². The topological polar surface area (TPSA) is 102 Å². The van der Waals surface area contributed by atoms with Crippen LogP contribution in [0.4, 0.5) is 5.69 Å². The van der Waals surface area contributed by atoms with Crippen LogP contribution in [0.25, 0.3) is 0 Å². The third kappa shape index (κ3) is 7.07. The van der Waals surface area contributed by atoms with E-state index in [4.69, 9.17) is 9.15 Å². The molecule has 0 spiro atoms. The quantitative estimate of drug-likeness (QED) is 0.151. The van der Waals surface area contributed by atoms with Crippen LogP contribution < -0.4 is 15.4 Å². The van der Waals surface area contributed by atoms with Gasteiger partial charge in [0.2, 0.25) is 0 Å². The van der Waals surface area contributed by atoms with Crippen LogP contribution in [0.3, 0.4) is 0 Å². The molecule has 1 heterocycles. The highest BCUT2D eigenvalue weighted by molar-refractivity contribution is 14.0. The molecule has 3 aromatic rings. The third-order valence-electron chi connectivity index (χ3n) is 4.17. The first-order valence-corrected chi connectivity index (χ1v) is 9.05. The van der Waals surface area contributed by atoms with Crippen LogP contribution in [0.5, 0.6) is 5.75 Å². The molecule has 9 heteroatoms. The second-order valence-corrected chi connectivity index (χ2v) is 6.23. The number of furan rings is 1. The standard InChI is InChI=1S/C21H22N4O4.HI/c1-28-19-5-2-4-17(12-19)14-23-21(24-15-20-6-3-11-29-20)22-13-16-7-9-18(10-8-16)25(26)27;/h2-12H,13-15H2,1H3,(H2,22,23,24);1H. The first-order chi connectivity index (χ1) is 14.1. The van der Waals surface area contributed by atoms with Crippen LogP contribution in [-0.4, -0.2) is 18.0 Å². The number of hydrogen-bond donors (Lipinski definition) is 2. The molecular weight excluding hydrogens is 499 g/mol. The van der Waals surface area contributed by atoms with E-state index in [-0.39, 0.29) is 29.7 Å². The molecule has 0 amide bonds. The van der Waals surface area contributed by atoms with Gasteiger partial charge in [0.1, 0.15) is 11.5 Å². The normalized spacial score (nSPS) is 10.8. The predicted octanol–water partition coefficient (Wildman–Crippen LogP) is 4.25. The molecule has 2 aromatic carbocycles. The van der Waals surface area contributed by atoms with E-state index in [1.165, 1.54) is 12.1 Å². The Labute approximate surface area is 191 Å². The molecule has 0 saturated carbocycles. The van der Waals surface area contributed by atoms with Gasteiger partial charge in [-0.05, 0) is 35.4 Å². The molecule has 2 N–H and O–H groups in total. The summed E-state index contributed by atoms with van der Waals surface area (Å²) >= 11 is 0. The molecule has 0 bridgehead atoms. The predicted molar refractivity (Wildman–Crippen MR) is 125 cm³/mol. The molecule has 0 aliphatic rings. The van der Waals surface area contributed by atoms with Gasteiger partial charge in [0.15, 0.2) is 5.96 Å². The van der Waals surface area contributed by atoms with E-state index in [1.54, 1.807) is 25.5 Å². The lowest BCUT2D eigenvalue weighted by molar-refractivity contribution is -0.384. The summed E-state index contributed by atoms with van der Waals surface area (Å²) in [7, 11) is 1.63. The number of halogens is 1. The molecule has 0 aliphatic heterocycles. The highest BCUT2D eigenvalue weighted by Crippen LogP contribution is 2.14. The zero-order valence-electron chi connectivity index (χ0n) is 16.4. The average Bonchev–Trinajstić information content (AvgIpc) is 3.27. The van der Waals surface area contributed by atoms with Crippen molar-refractivity contribution in [1.29, 1.82) is 0 Å². The largest absolute Gasteiger partial charge is 0.497 e. The van der Waals surface area contributed by atoms with Gasteiger partial charge in [0.25, 0.3) is 5.69 Å². The van der Waals surface area contributed by atoms with Crippen LogP contribution in [0, 0.1) is 10.1 Å². The molecule has 3 rings (SSSR count). The van der Waals surface area contributed by atoms with Crippen LogP contribution >= 0.6 is 24.0 Å². The minimum atomic E-state index is -0.414. The van der Waals surface area contributed by atoms with Gasteiger partial charge >= 0.3 is 0 Å². The van der Waals surface area contributed by atoms with E-state index < -0.39 is 4.92 Å². The highest BCUT2D eigenvalue weighted by Gasteiger charge is 2.06. The highest BCUT2D eigenvalue weighted by atomic mass is 127. The Morgan fingerprint density at radius 1 is 1.07 bits per heavy atom. The smallest absolute Gasteiger partial charge is 0.269 e. The van der Waals surface area contributed by atoms with Gasteiger partial charge in [-0.3, -0.25) is 10.1 Å². The van der Waals surface area contributed by atoms with E-state index in [0.717, 1.165) is 22.6 Å². The van der Waals surface area contributed by atoms with Gasteiger partial charge in [0, 0.05) is 18.7 Å². The van der Waals surface area contributed by atoms with Crippen LogP contribution in [0.1, 0.15) is 16.9 Å². The number of ether oxygens (including phenoxy) is 1. The SMILES string of the molecule is COc1cccc(CN=C(NCc2ccc([N+](=O)[O-])cc2)NCc2ccco2)c1.I. The molecule has 0 fully saturated rings. The summed E-state index contributed by atoms with van der Waals surface area (Å²) in [5.74, 6) is 2.17. The second kappa shape index (κ2) is 11.8. The maximum Gasteiger partial charge on any atom is 0.269 e. The number of nitro benzene ring substituents is 1. The number of rotatable bonds is 8. The number of nitrogens with one attached hydrogen (secondary N) is 2. The Balaban J connectivity index is 0.00000320. The molecule has 0 atom stereocenters. The van der Waals surface area contributed by atoms with E-state index in [0.29, 0.717) is 25.6 Å². The van der Waals surface area contributed by atoms with Crippen molar-refractivity contribution in [3.8, 4) is 5.75 Å². The van der Waals surface area contributed by atoms with Crippen LogP contribution in [0.2, 0.25) is 0 Å². The molecular formula is C21H23IN4O4. The van der Waals surface area contributed by atoms with Gasteiger partial charge in [-0.2, -0.15) is 0 Å². The molecule has 0 radical (unpaired) electrons. The Hall–Kier alpha value is -3.08. The summed E-state index contributed by atoms with van der Waals surface area (Å²) in [6.07, 6.45) is 1.62. The van der Waals surface area contributed by atoms with Crippen molar-refractivity contribution in [2.24, 2.45) is 4.99 Å². The van der Waals surface area contributed by atoms with Crippen molar-refractivity contribution in [1.82, 2.24) is 10.6 Å². The van der Waals surface area contributed by atoms with E-state index in [2.05, 4.69) is 15.6 Å². The number of methoxy groups -OCH3 is 1. The van der Waals surface area contributed by atoms with E-state index >= 15 is 0 Å². The zero-order chi connectivity index (χ0) is 20.5. The van der Waals surface area contributed by atoms with Gasteiger partial charge in [-0.25, -0.2) is 4.99 Å². The second-order valence-electron chi connectivity index (χ2n) is 6.23. The first-order valence-electron chi connectivity index (χ1n) is 9.05. The number of benzene rings is 2. The first kappa shape index (κ1) is 23.2. The summed E-state index contributed by atoms with van der Waals surface area (Å²) in [5, 5.41) is 17.3. The van der Waals surface area contributed by atoms with Crippen molar-refractivity contribution in [2.75, 3.05) is 7.11 Å². The molecule has 0 unspecified atom stereocenters. The third-order valence-corrected chi connectivity index (χ3v) is 4.17. The number of non-ortho nitro benzene ring substituents is 1. The fourth-order valence-corrected chi connectivity index (χ4v) is 2.62. The van der Waals surface area contributed by atoms with Crippen molar-refractivity contribution in [2.45, 2.75) is 19.6 Å². The molecule has 8 nitrogen and oxygen atoms in total. The average molecular weight is 522 g/mol. The van der Waals surface area contributed by atoms with Gasteiger partial charge in [-0.1, -0.05) is 24.3 Å². The van der Waals surface area contributed by atoms with Crippen LogP contribution in [0.15, 0.2) is 76.3 Å². The Morgan fingerprint density at radius 3 is 2.50 bits per heavy atom. The van der Waals surface area contributed by atoms with Crippen molar-refractivity contribution in [3.63, 3.8) is 0 Å². The lowest BCUT2D eigenvalue weighted by Crippen LogP contribution is -2.36. The molecule has 30 heavy (non-hydrogen) atoms. The summed E-state index contributed by atoms with van der Waals surface area (Å²) in [6, 6.07) is 17.8. The Morgan fingerprint density at radius 2 is 1.83 bits per heavy atom. The molecule has 158 valence electrons. The van der Waals surface area contributed by atoms with E-state index in [9.17, 15) is 10.1 Å². The number of nitro groups is 1. The lowest BCUT2D eigenvalue weighted by atomic mass is 10.2.